The molecule has 0 saturated heterocycles. The summed E-state index contributed by atoms with van der Waals surface area (Å²) in [4.78, 5) is 13.0. The van der Waals surface area contributed by atoms with Crippen molar-refractivity contribution in [2.24, 2.45) is 0 Å². The van der Waals surface area contributed by atoms with Crippen LogP contribution in [0.1, 0.15) is 25.8 Å². The third-order valence-corrected chi connectivity index (χ3v) is 3.28. The average Bonchev–Trinajstić information content (AvgIpc) is 2.29. The SMILES string of the molecule is CCC(C(=O)O)N(CC)c1ccc(C)c(Cl)c1. The Morgan fingerprint density at radius 2 is 2.12 bits per heavy atom. The monoisotopic (exact) mass is 255 g/mol. The molecular weight excluding hydrogens is 238 g/mol. The lowest BCUT2D eigenvalue weighted by molar-refractivity contribution is -0.138. The zero-order valence-corrected chi connectivity index (χ0v) is 11.2. The highest BCUT2D eigenvalue weighted by Crippen LogP contribution is 2.25. The summed E-state index contributed by atoms with van der Waals surface area (Å²) in [6.07, 6.45) is 0.564. The normalized spacial score (nSPS) is 12.2. The highest BCUT2D eigenvalue weighted by molar-refractivity contribution is 6.31. The lowest BCUT2D eigenvalue weighted by Gasteiger charge is -2.29. The van der Waals surface area contributed by atoms with Gasteiger partial charge >= 0.3 is 5.97 Å². The summed E-state index contributed by atoms with van der Waals surface area (Å²) in [7, 11) is 0. The molecule has 0 aliphatic heterocycles. The minimum atomic E-state index is -0.800. The molecule has 0 fully saturated rings. The highest BCUT2D eigenvalue weighted by atomic mass is 35.5. The molecule has 1 N–H and O–H groups in total. The van der Waals surface area contributed by atoms with Crippen molar-refractivity contribution in [3.8, 4) is 0 Å². The van der Waals surface area contributed by atoms with Gasteiger partial charge in [0, 0.05) is 17.3 Å². The number of aliphatic carboxylic acids is 1. The van der Waals surface area contributed by atoms with Gasteiger partial charge in [-0.05, 0) is 38.0 Å². The molecule has 1 aromatic carbocycles. The Balaban J connectivity index is 3.08. The Kier molecular flexibility index (Phi) is 4.82. The zero-order chi connectivity index (χ0) is 13.0. The second-order valence-corrected chi connectivity index (χ2v) is 4.39. The third kappa shape index (κ3) is 3.13. The number of carboxylic acids is 1. The van der Waals surface area contributed by atoms with Gasteiger partial charge in [0.1, 0.15) is 6.04 Å². The molecule has 0 radical (unpaired) electrons. The van der Waals surface area contributed by atoms with Crippen LogP contribution in [-0.4, -0.2) is 23.7 Å². The first-order valence-electron chi connectivity index (χ1n) is 5.76. The fraction of sp³-hybridized carbons (Fsp3) is 0.462. The maximum Gasteiger partial charge on any atom is 0.326 e. The van der Waals surface area contributed by atoms with Gasteiger partial charge in [0.15, 0.2) is 0 Å². The Labute approximate surface area is 107 Å². The van der Waals surface area contributed by atoms with Gasteiger partial charge in [-0.1, -0.05) is 24.6 Å². The fourth-order valence-electron chi connectivity index (χ4n) is 1.87. The van der Waals surface area contributed by atoms with E-state index in [2.05, 4.69) is 0 Å². The number of rotatable bonds is 5. The molecule has 0 aliphatic rings. The molecule has 3 nitrogen and oxygen atoms in total. The van der Waals surface area contributed by atoms with Crippen LogP contribution in [0.2, 0.25) is 5.02 Å². The van der Waals surface area contributed by atoms with Crippen molar-refractivity contribution in [3.05, 3.63) is 28.8 Å². The Bertz CT molecular complexity index is 406. The van der Waals surface area contributed by atoms with Gasteiger partial charge in [0.25, 0.3) is 0 Å². The molecule has 1 aromatic rings. The van der Waals surface area contributed by atoms with Crippen molar-refractivity contribution < 1.29 is 9.90 Å². The minimum Gasteiger partial charge on any atom is -0.480 e. The highest BCUT2D eigenvalue weighted by Gasteiger charge is 2.22. The number of hydrogen-bond donors (Lipinski definition) is 1. The summed E-state index contributed by atoms with van der Waals surface area (Å²) in [5, 5.41) is 9.85. The van der Waals surface area contributed by atoms with Gasteiger partial charge in [0.05, 0.1) is 0 Å². The van der Waals surface area contributed by atoms with Crippen molar-refractivity contribution in [2.45, 2.75) is 33.2 Å². The van der Waals surface area contributed by atoms with Crippen molar-refractivity contribution in [1.82, 2.24) is 0 Å². The number of aryl methyl sites for hydroxylation is 1. The number of carbonyl (C=O) groups is 1. The number of hydrogen-bond acceptors (Lipinski definition) is 2. The Morgan fingerprint density at radius 1 is 1.47 bits per heavy atom. The number of benzene rings is 1. The average molecular weight is 256 g/mol. The van der Waals surface area contributed by atoms with Crippen LogP contribution in [0, 0.1) is 6.92 Å². The molecule has 0 spiro atoms. The van der Waals surface area contributed by atoms with Crippen LogP contribution in [0.25, 0.3) is 0 Å². The smallest absolute Gasteiger partial charge is 0.326 e. The third-order valence-electron chi connectivity index (χ3n) is 2.88. The molecule has 1 atom stereocenters. The summed E-state index contributed by atoms with van der Waals surface area (Å²) in [5.41, 5.74) is 1.85. The van der Waals surface area contributed by atoms with Crippen molar-refractivity contribution >= 4 is 23.3 Å². The van der Waals surface area contributed by atoms with Gasteiger partial charge in [-0.15, -0.1) is 0 Å². The van der Waals surface area contributed by atoms with Crippen LogP contribution >= 0.6 is 11.6 Å². The maximum absolute atomic E-state index is 11.2. The molecule has 17 heavy (non-hydrogen) atoms. The summed E-state index contributed by atoms with van der Waals surface area (Å²) in [5.74, 6) is -0.800. The van der Waals surface area contributed by atoms with Gasteiger partial charge in [-0.25, -0.2) is 4.79 Å². The van der Waals surface area contributed by atoms with E-state index in [0.29, 0.717) is 18.0 Å². The number of nitrogens with zero attached hydrogens (tertiary/aromatic N) is 1. The van der Waals surface area contributed by atoms with E-state index in [-0.39, 0.29) is 0 Å². The molecule has 0 aliphatic carbocycles. The standard InChI is InChI=1S/C13H18ClNO2/c1-4-12(13(16)17)15(5-2)10-7-6-9(3)11(14)8-10/h6-8,12H,4-5H2,1-3H3,(H,16,17). The second-order valence-electron chi connectivity index (χ2n) is 3.98. The van der Waals surface area contributed by atoms with E-state index in [4.69, 9.17) is 11.6 Å². The molecular formula is C13H18ClNO2. The Morgan fingerprint density at radius 3 is 2.53 bits per heavy atom. The first-order chi connectivity index (χ1) is 8.01. The van der Waals surface area contributed by atoms with Crippen LogP contribution in [-0.2, 0) is 4.79 Å². The largest absolute Gasteiger partial charge is 0.480 e. The van der Waals surface area contributed by atoms with E-state index in [1.165, 1.54) is 0 Å². The zero-order valence-electron chi connectivity index (χ0n) is 10.4. The molecule has 0 aromatic heterocycles. The first-order valence-corrected chi connectivity index (χ1v) is 6.14. The van der Waals surface area contributed by atoms with Crippen molar-refractivity contribution in [1.29, 1.82) is 0 Å². The van der Waals surface area contributed by atoms with Crippen molar-refractivity contribution in [3.63, 3.8) is 0 Å². The number of anilines is 1. The van der Waals surface area contributed by atoms with E-state index < -0.39 is 12.0 Å². The molecule has 94 valence electrons. The van der Waals surface area contributed by atoms with E-state index in [1.807, 2.05) is 43.9 Å². The quantitative estimate of drug-likeness (QED) is 0.877. The molecule has 4 heteroatoms. The molecule has 0 saturated carbocycles. The lowest BCUT2D eigenvalue weighted by atomic mass is 10.1. The second kappa shape index (κ2) is 5.92. The van der Waals surface area contributed by atoms with E-state index in [1.54, 1.807) is 0 Å². The van der Waals surface area contributed by atoms with E-state index in [0.717, 1.165) is 11.3 Å². The Hall–Kier alpha value is -1.22. The van der Waals surface area contributed by atoms with Gasteiger partial charge in [0.2, 0.25) is 0 Å². The van der Waals surface area contributed by atoms with Gasteiger partial charge in [-0.3, -0.25) is 0 Å². The summed E-state index contributed by atoms with van der Waals surface area (Å²) >= 11 is 6.07. The number of carboxylic acid groups (broad SMARTS) is 1. The fourth-order valence-corrected chi connectivity index (χ4v) is 2.05. The summed E-state index contributed by atoms with van der Waals surface area (Å²) in [6.45, 7) is 6.39. The molecule has 1 rings (SSSR count). The molecule has 0 bridgehead atoms. The molecule has 0 amide bonds. The predicted molar refractivity (Wildman–Crippen MR) is 70.9 cm³/mol. The topological polar surface area (TPSA) is 40.5 Å². The maximum atomic E-state index is 11.2. The number of halogens is 1. The lowest BCUT2D eigenvalue weighted by Crippen LogP contribution is -2.40. The molecule has 1 unspecified atom stereocenters. The van der Waals surface area contributed by atoms with E-state index in [9.17, 15) is 9.90 Å². The van der Waals surface area contributed by atoms with E-state index >= 15 is 0 Å². The van der Waals surface area contributed by atoms with Crippen LogP contribution < -0.4 is 4.90 Å². The summed E-state index contributed by atoms with van der Waals surface area (Å²) < 4.78 is 0. The first kappa shape index (κ1) is 13.8. The van der Waals surface area contributed by atoms with Crippen LogP contribution in [0.4, 0.5) is 5.69 Å². The van der Waals surface area contributed by atoms with Gasteiger partial charge < -0.3 is 10.0 Å². The van der Waals surface area contributed by atoms with Crippen LogP contribution in [0.3, 0.4) is 0 Å². The van der Waals surface area contributed by atoms with Gasteiger partial charge in [-0.2, -0.15) is 0 Å². The molecule has 0 heterocycles. The minimum absolute atomic E-state index is 0.501. The van der Waals surface area contributed by atoms with Crippen molar-refractivity contribution in [2.75, 3.05) is 11.4 Å². The van der Waals surface area contributed by atoms with Crippen LogP contribution in [0.15, 0.2) is 18.2 Å². The number of likely N-dealkylation sites (N-methyl/N-ethyl adjacent to an activating group) is 1. The predicted octanol–water partition coefficient (Wildman–Crippen LogP) is 3.34. The summed E-state index contributed by atoms with van der Waals surface area (Å²) in [6, 6.07) is 5.15. The van der Waals surface area contributed by atoms with Crippen LogP contribution in [0.5, 0.6) is 0 Å².